The number of nitrogens with zero attached hydrogens (tertiary/aromatic N) is 1. The van der Waals surface area contributed by atoms with Crippen LogP contribution in [0.25, 0.3) is 0 Å². The third-order valence-electron chi connectivity index (χ3n) is 4.72. The second kappa shape index (κ2) is 7.02. The van der Waals surface area contributed by atoms with Crippen molar-refractivity contribution >= 4 is 20.1 Å². The number of hydrogen-bond donors (Lipinski definition) is 0. The maximum absolute atomic E-state index is 6.85. The molecule has 0 radical (unpaired) electrons. The highest BCUT2D eigenvalue weighted by Crippen LogP contribution is 2.48. The Morgan fingerprint density at radius 2 is 1.58 bits per heavy atom. The van der Waals surface area contributed by atoms with Crippen LogP contribution in [0.4, 0.5) is 0 Å². The molecule has 0 saturated heterocycles. The number of hydrogen-bond acceptors (Lipinski definition) is 3. The number of pyridine rings is 1. The van der Waals surface area contributed by atoms with Gasteiger partial charge in [-0.2, -0.15) is 0 Å². The van der Waals surface area contributed by atoms with Crippen LogP contribution in [0.1, 0.15) is 39.0 Å². The third kappa shape index (κ3) is 4.50. The molecule has 0 aliphatic heterocycles. The summed E-state index contributed by atoms with van der Waals surface area (Å²) in [6.07, 6.45) is 1.85. The summed E-state index contributed by atoms with van der Waals surface area (Å²) in [6, 6.07) is 14.7. The van der Waals surface area contributed by atoms with Gasteiger partial charge in [0.25, 0.3) is 0 Å². The minimum absolute atomic E-state index is 0.150. The van der Waals surface area contributed by atoms with E-state index >= 15 is 0 Å². The van der Waals surface area contributed by atoms with Crippen LogP contribution in [0.3, 0.4) is 0 Å². The molecule has 0 aliphatic rings. The first-order chi connectivity index (χ1) is 11.0. The predicted octanol–water partition coefficient (Wildman–Crippen LogP) is 6.38. The van der Waals surface area contributed by atoms with Gasteiger partial charge in [-0.15, -0.1) is 0 Å². The molecule has 0 aliphatic carbocycles. The average Bonchev–Trinajstić information content (AvgIpc) is 2.49. The Labute approximate surface area is 152 Å². The van der Waals surface area contributed by atoms with Gasteiger partial charge in [-0.1, -0.05) is 56.3 Å². The highest BCUT2D eigenvalue weighted by atomic mass is 32.2. The van der Waals surface area contributed by atoms with Crippen LogP contribution in [0.5, 0.6) is 0 Å². The molecule has 130 valence electrons. The summed E-state index contributed by atoms with van der Waals surface area (Å²) in [7, 11) is -1.95. The van der Waals surface area contributed by atoms with E-state index in [1.807, 2.05) is 18.3 Å². The van der Waals surface area contributed by atoms with Crippen LogP contribution >= 0.6 is 11.8 Å². The Bertz CT molecular complexity index is 664. The molecule has 0 spiro atoms. The lowest BCUT2D eigenvalue weighted by molar-refractivity contribution is 0.161. The lowest BCUT2D eigenvalue weighted by atomic mass is 10.2. The molecule has 0 bridgehead atoms. The van der Waals surface area contributed by atoms with Crippen LogP contribution in [0, 0.1) is 6.92 Å². The molecular weight excluding hydrogens is 330 g/mol. The Balaban J connectivity index is 2.40. The van der Waals surface area contributed by atoms with E-state index in [2.05, 4.69) is 83.0 Å². The van der Waals surface area contributed by atoms with E-state index in [4.69, 9.17) is 4.43 Å². The normalized spacial score (nSPS) is 15.1. The molecular formula is C20H29NOSSi. The molecule has 0 N–H and O–H groups in total. The SMILES string of the molecule is Cc1ccc(S[C@@](C)(O[Si](C)(C)C(C)(C)C)c2ccccn2)cc1. The smallest absolute Gasteiger partial charge is 0.194 e. The number of aryl methyl sites for hydroxylation is 1. The molecule has 1 aromatic carbocycles. The third-order valence-corrected chi connectivity index (χ3v) is 10.6. The van der Waals surface area contributed by atoms with Crippen molar-refractivity contribution in [1.29, 1.82) is 0 Å². The quantitative estimate of drug-likeness (QED) is 0.351. The van der Waals surface area contributed by atoms with Gasteiger partial charge in [0.05, 0.1) is 5.69 Å². The van der Waals surface area contributed by atoms with Gasteiger partial charge >= 0.3 is 0 Å². The zero-order chi connectivity index (χ0) is 18.0. The molecule has 1 atom stereocenters. The van der Waals surface area contributed by atoms with E-state index in [0.717, 1.165) is 5.69 Å². The molecule has 2 rings (SSSR count). The molecule has 1 aromatic heterocycles. The summed E-state index contributed by atoms with van der Waals surface area (Å²) in [4.78, 5) is 5.31. The fourth-order valence-corrected chi connectivity index (χ4v) is 5.35. The molecule has 0 unspecified atom stereocenters. The number of benzene rings is 1. The summed E-state index contributed by atoms with van der Waals surface area (Å²) in [5, 5.41) is 0.150. The zero-order valence-electron chi connectivity index (χ0n) is 15.9. The second-order valence-corrected chi connectivity index (χ2v) is 14.1. The van der Waals surface area contributed by atoms with Gasteiger partial charge < -0.3 is 4.43 Å². The fourth-order valence-electron chi connectivity index (χ4n) is 2.23. The van der Waals surface area contributed by atoms with Crippen molar-refractivity contribution in [2.75, 3.05) is 0 Å². The Kier molecular flexibility index (Phi) is 5.63. The number of thioether (sulfide) groups is 1. The lowest BCUT2D eigenvalue weighted by Gasteiger charge is -2.43. The minimum Gasteiger partial charge on any atom is -0.397 e. The summed E-state index contributed by atoms with van der Waals surface area (Å²) >= 11 is 1.75. The molecule has 0 fully saturated rings. The van der Waals surface area contributed by atoms with Crippen molar-refractivity contribution in [1.82, 2.24) is 4.98 Å². The summed E-state index contributed by atoms with van der Waals surface area (Å²) in [6.45, 7) is 15.7. The molecule has 2 aromatic rings. The van der Waals surface area contributed by atoms with E-state index in [1.165, 1.54) is 10.5 Å². The Hall–Kier alpha value is -1.10. The Morgan fingerprint density at radius 3 is 2.08 bits per heavy atom. The van der Waals surface area contributed by atoms with Crippen LogP contribution in [0.15, 0.2) is 53.6 Å². The van der Waals surface area contributed by atoms with Crippen molar-refractivity contribution in [3.05, 3.63) is 59.9 Å². The Morgan fingerprint density at radius 1 is 0.958 bits per heavy atom. The highest BCUT2D eigenvalue weighted by molar-refractivity contribution is 8.00. The van der Waals surface area contributed by atoms with Gasteiger partial charge in [0.15, 0.2) is 8.32 Å². The van der Waals surface area contributed by atoms with Crippen molar-refractivity contribution in [2.45, 2.75) is 62.6 Å². The monoisotopic (exact) mass is 359 g/mol. The first-order valence-electron chi connectivity index (χ1n) is 8.41. The van der Waals surface area contributed by atoms with Crippen molar-refractivity contribution in [3.8, 4) is 0 Å². The van der Waals surface area contributed by atoms with Gasteiger partial charge in [0.2, 0.25) is 0 Å². The lowest BCUT2D eigenvalue weighted by Crippen LogP contribution is -2.46. The molecule has 4 heteroatoms. The largest absolute Gasteiger partial charge is 0.397 e. The van der Waals surface area contributed by atoms with Gasteiger partial charge in [-0.05, 0) is 56.2 Å². The predicted molar refractivity (Wildman–Crippen MR) is 107 cm³/mol. The first kappa shape index (κ1) is 19.2. The number of aromatic nitrogens is 1. The maximum atomic E-state index is 6.85. The standard InChI is InChI=1S/C20H29NOSSi/c1-16-11-13-17(14-12-16)23-20(5,18-10-8-9-15-21-18)22-24(6,7)19(2,3)4/h8-15H,1-7H3/t20-/m1/s1. The van der Waals surface area contributed by atoms with Gasteiger partial charge in [0, 0.05) is 11.1 Å². The maximum Gasteiger partial charge on any atom is 0.194 e. The molecule has 0 amide bonds. The molecule has 1 heterocycles. The van der Waals surface area contributed by atoms with Crippen molar-refractivity contribution in [2.24, 2.45) is 0 Å². The highest BCUT2D eigenvalue weighted by Gasteiger charge is 2.44. The number of rotatable bonds is 5. The van der Waals surface area contributed by atoms with E-state index in [-0.39, 0.29) is 5.04 Å². The summed E-state index contributed by atoms with van der Waals surface area (Å²) < 4.78 is 6.85. The van der Waals surface area contributed by atoms with E-state index in [1.54, 1.807) is 11.8 Å². The summed E-state index contributed by atoms with van der Waals surface area (Å²) in [5.41, 5.74) is 2.24. The van der Waals surface area contributed by atoms with E-state index in [0.29, 0.717) is 0 Å². The fraction of sp³-hybridized carbons (Fsp3) is 0.450. The van der Waals surface area contributed by atoms with E-state index in [9.17, 15) is 0 Å². The average molecular weight is 360 g/mol. The van der Waals surface area contributed by atoms with Crippen LogP contribution in [-0.2, 0) is 9.36 Å². The molecule has 24 heavy (non-hydrogen) atoms. The van der Waals surface area contributed by atoms with Crippen LogP contribution < -0.4 is 0 Å². The van der Waals surface area contributed by atoms with Crippen LogP contribution in [-0.4, -0.2) is 13.3 Å². The second-order valence-electron chi connectivity index (χ2n) is 7.94. The van der Waals surface area contributed by atoms with Crippen LogP contribution in [0.2, 0.25) is 18.1 Å². The van der Waals surface area contributed by atoms with Gasteiger partial charge in [-0.25, -0.2) is 0 Å². The van der Waals surface area contributed by atoms with Crippen molar-refractivity contribution in [3.63, 3.8) is 0 Å². The van der Waals surface area contributed by atoms with E-state index < -0.39 is 13.3 Å². The zero-order valence-corrected chi connectivity index (χ0v) is 17.7. The topological polar surface area (TPSA) is 22.1 Å². The van der Waals surface area contributed by atoms with Gasteiger partial charge in [0.1, 0.15) is 4.93 Å². The molecule has 0 saturated carbocycles. The molecule has 2 nitrogen and oxygen atoms in total. The van der Waals surface area contributed by atoms with Gasteiger partial charge in [-0.3, -0.25) is 4.98 Å². The first-order valence-corrected chi connectivity index (χ1v) is 12.1. The minimum atomic E-state index is -1.95. The van der Waals surface area contributed by atoms with Crippen molar-refractivity contribution < 1.29 is 4.43 Å². The summed E-state index contributed by atoms with van der Waals surface area (Å²) in [5.74, 6) is 0.